The summed E-state index contributed by atoms with van der Waals surface area (Å²) in [5, 5.41) is 0. The molecule has 2 unspecified atom stereocenters. The largest absolute Gasteiger partial charge is 0.416 e. The molecule has 5 heteroatoms. The highest BCUT2D eigenvalue weighted by atomic mass is 19.4. The van der Waals surface area contributed by atoms with E-state index in [-0.39, 0.29) is 11.3 Å². The van der Waals surface area contributed by atoms with Crippen molar-refractivity contribution in [3.05, 3.63) is 29.3 Å². The number of rotatable bonds is 4. The normalized spacial score (nSPS) is 22.8. The van der Waals surface area contributed by atoms with Crippen molar-refractivity contribution in [2.24, 2.45) is 11.8 Å². The smallest absolute Gasteiger partial charge is 0.399 e. The summed E-state index contributed by atoms with van der Waals surface area (Å²) in [7, 11) is 1.86. The second-order valence-electron chi connectivity index (χ2n) is 5.58. The summed E-state index contributed by atoms with van der Waals surface area (Å²) in [4.78, 5) is 1.95. The SMILES string of the molecule is CC1CC1CN(C)Cc1ccc(N)cc1C(F)(F)F. The fourth-order valence-electron chi connectivity index (χ4n) is 2.40. The number of anilines is 1. The van der Waals surface area contributed by atoms with Gasteiger partial charge < -0.3 is 10.6 Å². The van der Waals surface area contributed by atoms with Crippen molar-refractivity contribution in [2.45, 2.75) is 26.1 Å². The van der Waals surface area contributed by atoms with Crippen LogP contribution in [0, 0.1) is 11.8 Å². The van der Waals surface area contributed by atoms with Gasteiger partial charge >= 0.3 is 6.18 Å². The molecule has 2 N–H and O–H groups in total. The lowest BCUT2D eigenvalue weighted by atomic mass is 10.1. The van der Waals surface area contributed by atoms with E-state index in [1.54, 1.807) is 0 Å². The van der Waals surface area contributed by atoms with E-state index in [9.17, 15) is 13.2 Å². The Bertz CT molecular complexity index is 456. The zero-order valence-electron chi connectivity index (χ0n) is 11.2. The molecule has 0 saturated heterocycles. The monoisotopic (exact) mass is 272 g/mol. The van der Waals surface area contributed by atoms with E-state index in [0.717, 1.165) is 12.6 Å². The van der Waals surface area contributed by atoms with Gasteiger partial charge in [-0.25, -0.2) is 0 Å². The number of alkyl halides is 3. The van der Waals surface area contributed by atoms with Crippen LogP contribution in [-0.2, 0) is 12.7 Å². The molecule has 0 radical (unpaired) electrons. The third-order valence-electron chi connectivity index (χ3n) is 3.70. The predicted molar refractivity (Wildman–Crippen MR) is 69.5 cm³/mol. The Morgan fingerprint density at radius 1 is 1.37 bits per heavy atom. The Hall–Kier alpha value is -1.23. The quantitative estimate of drug-likeness (QED) is 0.851. The van der Waals surface area contributed by atoms with Gasteiger partial charge in [0.05, 0.1) is 5.56 Å². The van der Waals surface area contributed by atoms with E-state index < -0.39 is 11.7 Å². The van der Waals surface area contributed by atoms with E-state index >= 15 is 0 Å². The number of nitrogens with zero attached hydrogens (tertiary/aromatic N) is 1. The Kier molecular flexibility index (Phi) is 3.76. The molecule has 2 rings (SSSR count). The summed E-state index contributed by atoms with van der Waals surface area (Å²) < 4.78 is 38.8. The van der Waals surface area contributed by atoms with Crippen LogP contribution in [0.5, 0.6) is 0 Å². The number of hydrogen-bond acceptors (Lipinski definition) is 2. The first-order valence-electron chi connectivity index (χ1n) is 6.41. The van der Waals surface area contributed by atoms with Crippen molar-refractivity contribution >= 4 is 5.69 Å². The van der Waals surface area contributed by atoms with Gasteiger partial charge in [-0.15, -0.1) is 0 Å². The van der Waals surface area contributed by atoms with Crippen molar-refractivity contribution in [3.8, 4) is 0 Å². The molecule has 1 saturated carbocycles. The van der Waals surface area contributed by atoms with Crippen LogP contribution in [0.15, 0.2) is 18.2 Å². The summed E-state index contributed by atoms with van der Waals surface area (Å²) in [6, 6.07) is 4.02. The zero-order chi connectivity index (χ0) is 14.2. The average Bonchev–Trinajstić information content (AvgIpc) is 2.95. The maximum atomic E-state index is 12.9. The van der Waals surface area contributed by atoms with Gasteiger partial charge in [0.15, 0.2) is 0 Å². The number of halogens is 3. The molecule has 0 spiro atoms. The minimum absolute atomic E-state index is 0.148. The average molecular weight is 272 g/mol. The molecule has 106 valence electrons. The lowest BCUT2D eigenvalue weighted by Crippen LogP contribution is -2.23. The topological polar surface area (TPSA) is 29.3 Å². The van der Waals surface area contributed by atoms with Gasteiger partial charge in [0.25, 0.3) is 0 Å². The molecule has 0 heterocycles. The van der Waals surface area contributed by atoms with Gasteiger partial charge in [0.2, 0.25) is 0 Å². The van der Waals surface area contributed by atoms with Gasteiger partial charge in [-0.2, -0.15) is 13.2 Å². The summed E-state index contributed by atoms with van der Waals surface area (Å²) >= 11 is 0. The molecular weight excluding hydrogens is 253 g/mol. The number of nitrogen functional groups attached to an aromatic ring is 1. The van der Waals surface area contributed by atoms with Crippen LogP contribution in [0.4, 0.5) is 18.9 Å². The molecule has 1 aromatic carbocycles. The van der Waals surface area contributed by atoms with Crippen LogP contribution in [0.3, 0.4) is 0 Å². The standard InChI is InChI=1S/C14H19F3N2/c1-9-5-11(9)8-19(2)7-10-3-4-12(18)6-13(10)14(15,16)17/h3-4,6,9,11H,5,7-8,18H2,1-2H3. The molecule has 0 aromatic heterocycles. The molecule has 1 aliphatic rings. The van der Waals surface area contributed by atoms with Gasteiger partial charge in [-0.1, -0.05) is 13.0 Å². The van der Waals surface area contributed by atoms with E-state index in [1.807, 2.05) is 11.9 Å². The summed E-state index contributed by atoms with van der Waals surface area (Å²) in [5.41, 5.74) is 5.27. The van der Waals surface area contributed by atoms with Crippen molar-refractivity contribution in [3.63, 3.8) is 0 Å². The van der Waals surface area contributed by atoms with Crippen LogP contribution in [0.25, 0.3) is 0 Å². The van der Waals surface area contributed by atoms with Crippen LogP contribution >= 0.6 is 0 Å². The molecule has 19 heavy (non-hydrogen) atoms. The van der Waals surface area contributed by atoms with Crippen LogP contribution in [0.1, 0.15) is 24.5 Å². The highest BCUT2D eigenvalue weighted by molar-refractivity contribution is 5.46. The second-order valence-corrected chi connectivity index (χ2v) is 5.58. The lowest BCUT2D eigenvalue weighted by Gasteiger charge is -2.20. The number of benzene rings is 1. The molecule has 0 aliphatic heterocycles. The van der Waals surface area contributed by atoms with Gasteiger partial charge in [0.1, 0.15) is 0 Å². The zero-order valence-corrected chi connectivity index (χ0v) is 11.2. The third-order valence-corrected chi connectivity index (χ3v) is 3.70. The van der Waals surface area contributed by atoms with Gasteiger partial charge in [-0.3, -0.25) is 0 Å². The minimum atomic E-state index is -4.35. The molecule has 0 amide bonds. The van der Waals surface area contributed by atoms with Crippen molar-refractivity contribution in [1.29, 1.82) is 0 Å². The Balaban J connectivity index is 2.10. The summed E-state index contributed by atoms with van der Waals surface area (Å²) in [6.45, 7) is 3.32. The molecule has 1 fully saturated rings. The van der Waals surface area contributed by atoms with E-state index in [2.05, 4.69) is 6.92 Å². The van der Waals surface area contributed by atoms with Crippen molar-refractivity contribution in [1.82, 2.24) is 4.90 Å². The molecule has 1 aliphatic carbocycles. The first-order valence-corrected chi connectivity index (χ1v) is 6.41. The second kappa shape index (κ2) is 5.04. The predicted octanol–water partition coefficient (Wildman–Crippen LogP) is 3.38. The summed E-state index contributed by atoms with van der Waals surface area (Å²) in [6.07, 6.45) is -3.17. The van der Waals surface area contributed by atoms with E-state index in [0.29, 0.717) is 18.4 Å². The van der Waals surface area contributed by atoms with Gasteiger partial charge in [-0.05, 0) is 43.0 Å². The molecular formula is C14H19F3N2. The maximum absolute atomic E-state index is 12.9. The minimum Gasteiger partial charge on any atom is -0.399 e. The lowest BCUT2D eigenvalue weighted by molar-refractivity contribution is -0.138. The highest BCUT2D eigenvalue weighted by Crippen LogP contribution is 2.39. The van der Waals surface area contributed by atoms with Crippen molar-refractivity contribution < 1.29 is 13.2 Å². The summed E-state index contributed by atoms with van der Waals surface area (Å²) in [5.74, 6) is 1.34. The number of nitrogens with two attached hydrogens (primary N) is 1. The van der Waals surface area contributed by atoms with E-state index in [1.165, 1.54) is 18.6 Å². The van der Waals surface area contributed by atoms with Crippen LogP contribution in [0.2, 0.25) is 0 Å². The van der Waals surface area contributed by atoms with Gasteiger partial charge in [0, 0.05) is 18.8 Å². The Morgan fingerprint density at radius 3 is 2.53 bits per heavy atom. The third kappa shape index (κ3) is 3.62. The molecule has 2 nitrogen and oxygen atoms in total. The van der Waals surface area contributed by atoms with Crippen LogP contribution in [-0.4, -0.2) is 18.5 Å². The highest BCUT2D eigenvalue weighted by Gasteiger charge is 2.35. The molecule has 2 atom stereocenters. The van der Waals surface area contributed by atoms with Crippen molar-refractivity contribution in [2.75, 3.05) is 19.3 Å². The first-order chi connectivity index (χ1) is 8.77. The van der Waals surface area contributed by atoms with E-state index in [4.69, 9.17) is 5.73 Å². The molecule has 1 aromatic rings. The van der Waals surface area contributed by atoms with Crippen LogP contribution < -0.4 is 5.73 Å². The number of hydrogen-bond donors (Lipinski definition) is 1. The Labute approximate surface area is 111 Å². The fraction of sp³-hybridized carbons (Fsp3) is 0.571. The maximum Gasteiger partial charge on any atom is 0.416 e. The first kappa shape index (κ1) is 14.2. The molecule has 0 bridgehead atoms. The fourth-order valence-corrected chi connectivity index (χ4v) is 2.40. The Morgan fingerprint density at radius 2 is 2.00 bits per heavy atom.